The quantitative estimate of drug-likeness (QED) is 0.554. The monoisotopic (exact) mass is 284 g/mol. The summed E-state index contributed by atoms with van der Waals surface area (Å²) in [5, 5.41) is 0. The summed E-state index contributed by atoms with van der Waals surface area (Å²) in [5.41, 5.74) is 0.124. The standard InChI is InChI=1S/C18H36O2/c1-9-11-15(12-10-2)20-17(19)16(13(3)4)14(5)18(6,7)8/h13-16H,9-12H2,1-8H3. The topological polar surface area (TPSA) is 26.3 Å². The second kappa shape index (κ2) is 8.69. The van der Waals surface area contributed by atoms with Gasteiger partial charge in [0.25, 0.3) is 0 Å². The number of hydrogen-bond acceptors (Lipinski definition) is 2. The summed E-state index contributed by atoms with van der Waals surface area (Å²) < 4.78 is 5.83. The summed E-state index contributed by atoms with van der Waals surface area (Å²) in [7, 11) is 0. The second-order valence-corrected chi connectivity index (χ2v) is 7.56. The number of carbonyl (C=O) groups excluding carboxylic acids is 1. The second-order valence-electron chi connectivity index (χ2n) is 7.56. The molecule has 0 aliphatic rings. The molecule has 0 fully saturated rings. The third-order valence-corrected chi connectivity index (χ3v) is 4.40. The molecule has 2 atom stereocenters. The molecule has 0 spiro atoms. The molecule has 0 amide bonds. The summed E-state index contributed by atoms with van der Waals surface area (Å²) in [5.74, 6) is 0.639. The third-order valence-electron chi connectivity index (χ3n) is 4.40. The molecular formula is C18H36O2. The maximum Gasteiger partial charge on any atom is 0.309 e. The minimum Gasteiger partial charge on any atom is -0.462 e. The highest BCUT2D eigenvalue weighted by atomic mass is 16.5. The van der Waals surface area contributed by atoms with Gasteiger partial charge in [-0.15, -0.1) is 0 Å². The molecule has 2 heteroatoms. The lowest BCUT2D eigenvalue weighted by Gasteiger charge is -2.36. The molecular weight excluding hydrogens is 248 g/mol. The van der Waals surface area contributed by atoms with E-state index in [1.807, 2.05) is 0 Å². The molecule has 20 heavy (non-hydrogen) atoms. The van der Waals surface area contributed by atoms with Crippen LogP contribution in [0.3, 0.4) is 0 Å². The van der Waals surface area contributed by atoms with E-state index in [0.717, 1.165) is 25.7 Å². The molecule has 2 nitrogen and oxygen atoms in total. The summed E-state index contributed by atoms with van der Waals surface area (Å²) in [6.45, 7) is 17.3. The van der Waals surface area contributed by atoms with Crippen LogP contribution in [0.15, 0.2) is 0 Å². The first kappa shape index (κ1) is 19.5. The average molecular weight is 284 g/mol. The molecule has 0 bridgehead atoms. The fraction of sp³-hybridized carbons (Fsp3) is 0.944. The smallest absolute Gasteiger partial charge is 0.309 e. The van der Waals surface area contributed by atoms with E-state index in [0.29, 0.717) is 11.8 Å². The van der Waals surface area contributed by atoms with Crippen molar-refractivity contribution in [2.75, 3.05) is 0 Å². The van der Waals surface area contributed by atoms with E-state index < -0.39 is 0 Å². The van der Waals surface area contributed by atoms with Crippen molar-refractivity contribution in [3.8, 4) is 0 Å². The Hall–Kier alpha value is -0.530. The molecule has 2 unspecified atom stereocenters. The number of hydrogen-bond donors (Lipinski definition) is 0. The Morgan fingerprint density at radius 1 is 1.00 bits per heavy atom. The van der Waals surface area contributed by atoms with Crippen LogP contribution in [0, 0.1) is 23.2 Å². The van der Waals surface area contributed by atoms with Crippen LogP contribution < -0.4 is 0 Å². The first-order valence-electron chi connectivity index (χ1n) is 8.35. The molecule has 0 aliphatic carbocycles. The third kappa shape index (κ3) is 6.28. The van der Waals surface area contributed by atoms with Gasteiger partial charge in [-0.1, -0.05) is 68.2 Å². The van der Waals surface area contributed by atoms with Crippen LogP contribution in [-0.2, 0) is 9.53 Å². The van der Waals surface area contributed by atoms with E-state index in [-0.39, 0.29) is 23.4 Å². The van der Waals surface area contributed by atoms with Crippen molar-refractivity contribution in [3.05, 3.63) is 0 Å². The highest BCUT2D eigenvalue weighted by molar-refractivity contribution is 5.73. The molecule has 0 aliphatic heterocycles. The largest absolute Gasteiger partial charge is 0.462 e. The predicted molar refractivity (Wildman–Crippen MR) is 86.6 cm³/mol. The number of rotatable bonds is 8. The molecule has 0 aromatic heterocycles. The Labute approximate surface area is 126 Å². The van der Waals surface area contributed by atoms with Crippen molar-refractivity contribution in [2.24, 2.45) is 23.2 Å². The van der Waals surface area contributed by atoms with Crippen LogP contribution in [0.1, 0.15) is 81.1 Å². The minimum atomic E-state index is -0.00814. The minimum absolute atomic E-state index is 0.00814. The van der Waals surface area contributed by atoms with Crippen molar-refractivity contribution in [1.29, 1.82) is 0 Å². The van der Waals surface area contributed by atoms with Crippen molar-refractivity contribution in [1.82, 2.24) is 0 Å². The lowest BCUT2D eigenvalue weighted by Crippen LogP contribution is -2.37. The van der Waals surface area contributed by atoms with Gasteiger partial charge in [0, 0.05) is 0 Å². The van der Waals surface area contributed by atoms with Gasteiger partial charge >= 0.3 is 5.97 Å². The summed E-state index contributed by atoms with van der Waals surface area (Å²) in [6, 6.07) is 0. The Morgan fingerprint density at radius 3 is 1.75 bits per heavy atom. The fourth-order valence-electron chi connectivity index (χ4n) is 2.74. The fourth-order valence-corrected chi connectivity index (χ4v) is 2.74. The maximum atomic E-state index is 12.6. The van der Waals surface area contributed by atoms with E-state index in [2.05, 4.69) is 55.4 Å². The molecule has 0 N–H and O–H groups in total. The average Bonchev–Trinajstić information content (AvgIpc) is 2.27. The normalized spacial score (nSPS) is 15.5. The highest BCUT2D eigenvalue weighted by Crippen LogP contribution is 2.36. The zero-order valence-corrected chi connectivity index (χ0v) is 15.0. The van der Waals surface area contributed by atoms with Gasteiger partial charge in [-0.25, -0.2) is 0 Å². The summed E-state index contributed by atoms with van der Waals surface area (Å²) in [4.78, 5) is 12.6. The van der Waals surface area contributed by atoms with Gasteiger partial charge < -0.3 is 4.74 Å². The summed E-state index contributed by atoms with van der Waals surface area (Å²) in [6.07, 6.45) is 4.20. The molecule has 0 rings (SSSR count). The van der Waals surface area contributed by atoms with Crippen molar-refractivity contribution >= 4 is 5.97 Å². The number of esters is 1. The molecule has 0 heterocycles. The Balaban J connectivity index is 4.88. The summed E-state index contributed by atoms with van der Waals surface area (Å²) >= 11 is 0. The van der Waals surface area contributed by atoms with Gasteiger partial charge in [0.2, 0.25) is 0 Å². The van der Waals surface area contributed by atoms with Crippen molar-refractivity contribution in [2.45, 2.75) is 87.2 Å². The van der Waals surface area contributed by atoms with E-state index >= 15 is 0 Å². The van der Waals surface area contributed by atoms with E-state index in [1.54, 1.807) is 0 Å². The van der Waals surface area contributed by atoms with Gasteiger partial charge in [-0.3, -0.25) is 4.79 Å². The maximum absolute atomic E-state index is 12.6. The number of ether oxygens (including phenoxy) is 1. The van der Waals surface area contributed by atoms with Crippen molar-refractivity contribution in [3.63, 3.8) is 0 Å². The lowest BCUT2D eigenvalue weighted by atomic mass is 9.70. The SMILES string of the molecule is CCCC(CCC)OC(=O)C(C(C)C)C(C)C(C)(C)C. The Bertz CT molecular complexity index is 270. The van der Waals surface area contributed by atoms with Crippen LogP contribution in [0.2, 0.25) is 0 Å². The van der Waals surface area contributed by atoms with Crippen LogP contribution in [0.5, 0.6) is 0 Å². The van der Waals surface area contributed by atoms with Crippen molar-refractivity contribution < 1.29 is 9.53 Å². The van der Waals surface area contributed by atoms with Gasteiger partial charge in [-0.05, 0) is 30.1 Å². The van der Waals surface area contributed by atoms with E-state index in [1.165, 1.54) is 0 Å². The first-order valence-corrected chi connectivity index (χ1v) is 8.35. The Kier molecular flexibility index (Phi) is 8.46. The molecule has 0 aromatic carbocycles. The molecule has 0 saturated heterocycles. The zero-order valence-electron chi connectivity index (χ0n) is 15.0. The van der Waals surface area contributed by atoms with Crippen LogP contribution in [-0.4, -0.2) is 12.1 Å². The van der Waals surface area contributed by atoms with Crippen LogP contribution >= 0.6 is 0 Å². The lowest BCUT2D eigenvalue weighted by molar-refractivity contribution is -0.160. The van der Waals surface area contributed by atoms with Gasteiger partial charge in [0.15, 0.2) is 0 Å². The van der Waals surface area contributed by atoms with Gasteiger partial charge in [0.05, 0.1) is 5.92 Å². The van der Waals surface area contributed by atoms with Crippen LogP contribution in [0.25, 0.3) is 0 Å². The molecule has 0 aromatic rings. The molecule has 0 radical (unpaired) electrons. The Morgan fingerprint density at radius 2 is 1.45 bits per heavy atom. The van der Waals surface area contributed by atoms with E-state index in [4.69, 9.17) is 4.74 Å². The first-order chi connectivity index (χ1) is 9.15. The molecule has 0 saturated carbocycles. The van der Waals surface area contributed by atoms with E-state index in [9.17, 15) is 4.79 Å². The number of carbonyl (C=O) groups is 1. The van der Waals surface area contributed by atoms with Gasteiger partial charge in [-0.2, -0.15) is 0 Å². The van der Waals surface area contributed by atoms with Crippen LogP contribution in [0.4, 0.5) is 0 Å². The highest BCUT2D eigenvalue weighted by Gasteiger charge is 2.37. The molecule has 120 valence electrons. The van der Waals surface area contributed by atoms with Gasteiger partial charge in [0.1, 0.15) is 6.10 Å². The zero-order chi connectivity index (χ0) is 15.9. The predicted octanol–water partition coefficient (Wildman–Crippen LogP) is 5.45.